The highest BCUT2D eigenvalue weighted by molar-refractivity contribution is 5.76. The number of nitrogens with zero attached hydrogens (tertiary/aromatic N) is 1. The number of carbonyl (C=O) groups excluding carboxylic acids is 1. The smallest absolute Gasteiger partial charge is 0.220 e. The van der Waals surface area contributed by atoms with Gasteiger partial charge in [-0.25, -0.2) is 0 Å². The van der Waals surface area contributed by atoms with E-state index < -0.39 is 0 Å². The maximum atomic E-state index is 11.8. The molecule has 4 heteroatoms. The number of aromatic nitrogens is 1. The molecule has 98 valence electrons. The standard InChI is InChI=1S/C14H20N2O2/c17-13-4-2-1-3-12(13)16-14(18)6-5-11-7-9-15-10-8-11/h7-10,12-13,17H,1-6H2,(H,16,18). The second-order valence-corrected chi connectivity index (χ2v) is 4.88. The Bertz CT molecular complexity index is 381. The van der Waals surface area contributed by atoms with Gasteiger partial charge in [-0.2, -0.15) is 0 Å². The molecule has 1 aliphatic carbocycles. The number of aliphatic hydroxyl groups excluding tert-OH is 1. The summed E-state index contributed by atoms with van der Waals surface area (Å²) in [4.78, 5) is 15.7. The lowest BCUT2D eigenvalue weighted by Crippen LogP contribution is -2.45. The predicted molar refractivity (Wildman–Crippen MR) is 69.0 cm³/mol. The predicted octanol–water partition coefficient (Wildman–Crippen LogP) is 1.43. The Kier molecular flexibility index (Phi) is 4.70. The first-order valence-electron chi connectivity index (χ1n) is 6.62. The van der Waals surface area contributed by atoms with Crippen molar-refractivity contribution < 1.29 is 9.90 Å². The average molecular weight is 248 g/mol. The van der Waals surface area contributed by atoms with Gasteiger partial charge in [0.05, 0.1) is 12.1 Å². The van der Waals surface area contributed by atoms with Gasteiger partial charge in [0.1, 0.15) is 0 Å². The number of aryl methyl sites for hydroxylation is 1. The molecular weight excluding hydrogens is 228 g/mol. The van der Waals surface area contributed by atoms with Crippen molar-refractivity contribution in [3.63, 3.8) is 0 Å². The van der Waals surface area contributed by atoms with Gasteiger partial charge in [-0.05, 0) is 37.0 Å². The molecule has 18 heavy (non-hydrogen) atoms. The molecule has 4 nitrogen and oxygen atoms in total. The fourth-order valence-electron chi connectivity index (χ4n) is 2.37. The second-order valence-electron chi connectivity index (χ2n) is 4.88. The molecule has 1 saturated carbocycles. The van der Waals surface area contributed by atoms with Crippen LogP contribution in [0.4, 0.5) is 0 Å². The molecule has 2 atom stereocenters. The van der Waals surface area contributed by atoms with Crippen LogP contribution in [0.15, 0.2) is 24.5 Å². The molecule has 2 unspecified atom stereocenters. The van der Waals surface area contributed by atoms with Crippen molar-refractivity contribution >= 4 is 5.91 Å². The van der Waals surface area contributed by atoms with Crippen LogP contribution in [-0.4, -0.2) is 28.1 Å². The molecule has 1 fully saturated rings. The molecule has 2 rings (SSSR count). The third-order valence-corrected chi connectivity index (χ3v) is 3.47. The lowest BCUT2D eigenvalue weighted by Gasteiger charge is -2.28. The van der Waals surface area contributed by atoms with Crippen molar-refractivity contribution in [3.05, 3.63) is 30.1 Å². The maximum absolute atomic E-state index is 11.8. The minimum atomic E-state index is -0.372. The van der Waals surface area contributed by atoms with E-state index in [2.05, 4.69) is 10.3 Å². The number of hydrogen-bond acceptors (Lipinski definition) is 3. The van der Waals surface area contributed by atoms with Crippen LogP contribution in [0.2, 0.25) is 0 Å². The Hall–Kier alpha value is -1.42. The molecule has 0 spiro atoms. The molecule has 1 amide bonds. The Morgan fingerprint density at radius 3 is 2.78 bits per heavy atom. The Balaban J connectivity index is 1.75. The minimum absolute atomic E-state index is 0.0257. The van der Waals surface area contributed by atoms with Crippen molar-refractivity contribution in [1.82, 2.24) is 10.3 Å². The molecular formula is C14H20N2O2. The Labute approximate surface area is 107 Å². The topological polar surface area (TPSA) is 62.2 Å². The fraction of sp³-hybridized carbons (Fsp3) is 0.571. The zero-order valence-corrected chi connectivity index (χ0v) is 10.5. The summed E-state index contributed by atoms with van der Waals surface area (Å²) in [6.07, 6.45) is 8.12. The van der Waals surface area contributed by atoms with E-state index in [0.717, 1.165) is 37.7 Å². The van der Waals surface area contributed by atoms with Crippen molar-refractivity contribution in [1.29, 1.82) is 0 Å². The number of hydrogen-bond donors (Lipinski definition) is 2. The van der Waals surface area contributed by atoms with E-state index in [1.165, 1.54) is 0 Å². The molecule has 0 aliphatic heterocycles. The molecule has 0 saturated heterocycles. The van der Waals surface area contributed by atoms with Crippen molar-refractivity contribution in [2.45, 2.75) is 50.7 Å². The van der Waals surface area contributed by atoms with Gasteiger partial charge in [-0.3, -0.25) is 9.78 Å². The van der Waals surface area contributed by atoms with E-state index in [-0.39, 0.29) is 18.1 Å². The van der Waals surface area contributed by atoms with Gasteiger partial charge in [0.25, 0.3) is 0 Å². The summed E-state index contributed by atoms with van der Waals surface area (Å²) in [7, 11) is 0. The van der Waals surface area contributed by atoms with Crippen LogP contribution in [-0.2, 0) is 11.2 Å². The summed E-state index contributed by atoms with van der Waals surface area (Å²) >= 11 is 0. The zero-order chi connectivity index (χ0) is 12.8. The first kappa shape index (κ1) is 13.0. The summed E-state index contributed by atoms with van der Waals surface area (Å²) in [6, 6.07) is 3.79. The summed E-state index contributed by atoms with van der Waals surface area (Å²) in [5, 5.41) is 12.7. The van der Waals surface area contributed by atoms with Crippen LogP contribution < -0.4 is 5.32 Å². The number of carbonyl (C=O) groups is 1. The molecule has 1 aliphatic rings. The number of amides is 1. The van der Waals surface area contributed by atoms with E-state index in [4.69, 9.17) is 0 Å². The molecule has 2 N–H and O–H groups in total. The van der Waals surface area contributed by atoms with E-state index >= 15 is 0 Å². The van der Waals surface area contributed by atoms with Crippen LogP contribution in [0, 0.1) is 0 Å². The van der Waals surface area contributed by atoms with Gasteiger partial charge in [0, 0.05) is 18.8 Å². The largest absolute Gasteiger partial charge is 0.391 e. The summed E-state index contributed by atoms with van der Waals surface area (Å²) < 4.78 is 0. The fourth-order valence-corrected chi connectivity index (χ4v) is 2.37. The molecule has 0 radical (unpaired) electrons. The van der Waals surface area contributed by atoms with Crippen molar-refractivity contribution in [3.8, 4) is 0 Å². The monoisotopic (exact) mass is 248 g/mol. The maximum Gasteiger partial charge on any atom is 0.220 e. The molecule has 1 aromatic rings. The van der Waals surface area contributed by atoms with Gasteiger partial charge in [-0.15, -0.1) is 0 Å². The van der Waals surface area contributed by atoms with Gasteiger partial charge >= 0.3 is 0 Å². The third-order valence-electron chi connectivity index (χ3n) is 3.47. The summed E-state index contributed by atoms with van der Waals surface area (Å²) in [5.74, 6) is 0.0257. The SMILES string of the molecule is O=C(CCc1ccncc1)NC1CCCCC1O. The van der Waals surface area contributed by atoms with E-state index in [0.29, 0.717) is 6.42 Å². The molecule has 0 aromatic carbocycles. The van der Waals surface area contributed by atoms with Crippen molar-refractivity contribution in [2.75, 3.05) is 0 Å². The van der Waals surface area contributed by atoms with Crippen LogP contribution in [0.1, 0.15) is 37.7 Å². The normalized spacial score (nSPS) is 23.6. The Morgan fingerprint density at radius 2 is 2.06 bits per heavy atom. The third kappa shape index (κ3) is 3.81. The minimum Gasteiger partial charge on any atom is -0.391 e. The lowest BCUT2D eigenvalue weighted by molar-refractivity contribution is -0.123. The van der Waals surface area contributed by atoms with E-state index in [1.807, 2.05) is 12.1 Å². The van der Waals surface area contributed by atoms with Gasteiger partial charge < -0.3 is 10.4 Å². The highest BCUT2D eigenvalue weighted by Gasteiger charge is 2.24. The highest BCUT2D eigenvalue weighted by Crippen LogP contribution is 2.18. The van der Waals surface area contributed by atoms with Crippen LogP contribution >= 0.6 is 0 Å². The number of pyridine rings is 1. The van der Waals surface area contributed by atoms with E-state index in [1.54, 1.807) is 12.4 Å². The van der Waals surface area contributed by atoms with Crippen molar-refractivity contribution in [2.24, 2.45) is 0 Å². The zero-order valence-electron chi connectivity index (χ0n) is 10.5. The van der Waals surface area contributed by atoms with E-state index in [9.17, 15) is 9.90 Å². The number of rotatable bonds is 4. The Morgan fingerprint density at radius 1 is 1.33 bits per heavy atom. The van der Waals surface area contributed by atoms with Gasteiger partial charge in [-0.1, -0.05) is 12.8 Å². The second kappa shape index (κ2) is 6.50. The number of aliphatic hydroxyl groups is 1. The summed E-state index contributed by atoms with van der Waals surface area (Å²) in [5.41, 5.74) is 1.12. The molecule has 0 bridgehead atoms. The quantitative estimate of drug-likeness (QED) is 0.847. The molecule has 1 aromatic heterocycles. The van der Waals surface area contributed by atoms with Crippen LogP contribution in [0.3, 0.4) is 0 Å². The van der Waals surface area contributed by atoms with Crippen LogP contribution in [0.25, 0.3) is 0 Å². The number of nitrogens with one attached hydrogen (secondary N) is 1. The van der Waals surface area contributed by atoms with Crippen LogP contribution in [0.5, 0.6) is 0 Å². The first-order chi connectivity index (χ1) is 8.75. The highest BCUT2D eigenvalue weighted by atomic mass is 16.3. The summed E-state index contributed by atoms with van der Waals surface area (Å²) in [6.45, 7) is 0. The molecule has 1 heterocycles. The lowest BCUT2D eigenvalue weighted by atomic mass is 9.92. The average Bonchev–Trinajstić information content (AvgIpc) is 2.40. The van der Waals surface area contributed by atoms with Gasteiger partial charge in [0.15, 0.2) is 0 Å². The first-order valence-corrected chi connectivity index (χ1v) is 6.62. The van der Waals surface area contributed by atoms with Gasteiger partial charge in [0.2, 0.25) is 5.91 Å².